The van der Waals surface area contributed by atoms with Gasteiger partial charge in [0.25, 0.3) is 0 Å². The molecular formula is C13H19NO4. The molecule has 0 spiro atoms. The summed E-state index contributed by atoms with van der Waals surface area (Å²) < 4.78 is 10.7. The first-order valence-electron chi connectivity index (χ1n) is 5.82. The van der Waals surface area contributed by atoms with Gasteiger partial charge in [0.05, 0.1) is 31.5 Å². The number of rotatable bonds is 7. The van der Waals surface area contributed by atoms with Crippen LogP contribution in [-0.4, -0.2) is 30.4 Å². The number of carboxylic acids is 1. The SMILES string of the molecule is CC(C)OCCOCc1cccc(N)c1C(=O)O. The Morgan fingerprint density at radius 1 is 1.39 bits per heavy atom. The highest BCUT2D eigenvalue weighted by atomic mass is 16.5. The molecule has 0 aliphatic carbocycles. The molecule has 5 nitrogen and oxygen atoms in total. The van der Waals surface area contributed by atoms with E-state index in [0.29, 0.717) is 18.8 Å². The average molecular weight is 253 g/mol. The van der Waals surface area contributed by atoms with E-state index in [1.165, 1.54) is 0 Å². The van der Waals surface area contributed by atoms with E-state index in [4.69, 9.17) is 20.3 Å². The molecule has 0 bridgehead atoms. The summed E-state index contributed by atoms with van der Waals surface area (Å²) in [5.41, 5.74) is 6.57. The Balaban J connectivity index is 2.52. The zero-order valence-electron chi connectivity index (χ0n) is 10.7. The fourth-order valence-electron chi connectivity index (χ4n) is 1.53. The molecule has 1 aromatic carbocycles. The summed E-state index contributed by atoms with van der Waals surface area (Å²) in [7, 11) is 0. The Hall–Kier alpha value is -1.59. The number of nitrogens with two attached hydrogens (primary N) is 1. The fraction of sp³-hybridized carbons (Fsp3) is 0.462. The third-order valence-electron chi connectivity index (χ3n) is 2.33. The topological polar surface area (TPSA) is 81.8 Å². The van der Waals surface area contributed by atoms with Gasteiger partial charge in [-0.1, -0.05) is 12.1 Å². The monoisotopic (exact) mass is 253 g/mol. The van der Waals surface area contributed by atoms with E-state index >= 15 is 0 Å². The zero-order valence-corrected chi connectivity index (χ0v) is 10.7. The molecule has 5 heteroatoms. The molecule has 3 N–H and O–H groups in total. The van der Waals surface area contributed by atoms with E-state index in [9.17, 15) is 4.79 Å². The summed E-state index contributed by atoms with van der Waals surface area (Å²) in [6.07, 6.45) is 0.163. The van der Waals surface area contributed by atoms with Crippen molar-refractivity contribution in [2.75, 3.05) is 18.9 Å². The molecule has 0 aromatic heterocycles. The van der Waals surface area contributed by atoms with Crippen molar-refractivity contribution in [1.29, 1.82) is 0 Å². The molecule has 0 aliphatic heterocycles. The van der Waals surface area contributed by atoms with Gasteiger partial charge in [-0.25, -0.2) is 4.79 Å². The molecule has 0 fully saturated rings. The zero-order chi connectivity index (χ0) is 13.5. The van der Waals surface area contributed by atoms with Crippen LogP contribution in [-0.2, 0) is 16.1 Å². The third kappa shape index (κ3) is 4.35. The average Bonchev–Trinajstić information content (AvgIpc) is 2.27. The van der Waals surface area contributed by atoms with Gasteiger partial charge in [-0.15, -0.1) is 0 Å². The van der Waals surface area contributed by atoms with Crippen molar-refractivity contribution >= 4 is 11.7 Å². The van der Waals surface area contributed by atoms with E-state index < -0.39 is 5.97 Å². The van der Waals surface area contributed by atoms with Crippen LogP contribution in [0.2, 0.25) is 0 Å². The fourth-order valence-corrected chi connectivity index (χ4v) is 1.53. The molecule has 0 atom stereocenters. The van der Waals surface area contributed by atoms with Crippen molar-refractivity contribution in [3.8, 4) is 0 Å². The lowest BCUT2D eigenvalue weighted by molar-refractivity contribution is 0.0140. The van der Waals surface area contributed by atoms with Crippen LogP contribution in [0.5, 0.6) is 0 Å². The second-order valence-electron chi connectivity index (χ2n) is 4.16. The van der Waals surface area contributed by atoms with Crippen molar-refractivity contribution in [3.63, 3.8) is 0 Å². The molecule has 1 aromatic rings. The van der Waals surface area contributed by atoms with Gasteiger partial charge in [-0.3, -0.25) is 0 Å². The van der Waals surface area contributed by atoms with Crippen molar-refractivity contribution in [1.82, 2.24) is 0 Å². The van der Waals surface area contributed by atoms with E-state index in [0.717, 1.165) is 0 Å². The summed E-state index contributed by atoms with van der Waals surface area (Å²) in [5, 5.41) is 9.06. The van der Waals surface area contributed by atoms with Crippen LogP contribution in [0.15, 0.2) is 18.2 Å². The maximum atomic E-state index is 11.1. The second-order valence-corrected chi connectivity index (χ2v) is 4.16. The number of benzene rings is 1. The lowest BCUT2D eigenvalue weighted by Crippen LogP contribution is -2.11. The molecule has 0 heterocycles. The maximum absolute atomic E-state index is 11.1. The molecular weight excluding hydrogens is 234 g/mol. The lowest BCUT2D eigenvalue weighted by atomic mass is 10.1. The molecule has 100 valence electrons. The van der Waals surface area contributed by atoms with E-state index in [1.54, 1.807) is 18.2 Å². The summed E-state index contributed by atoms with van der Waals surface area (Å²) >= 11 is 0. The van der Waals surface area contributed by atoms with Gasteiger partial charge in [0.1, 0.15) is 0 Å². The van der Waals surface area contributed by atoms with Gasteiger partial charge < -0.3 is 20.3 Å². The van der Waals surface area contributed by atoms with Gasteiger partial charge in [-0.2, -0.15) is 0 Å². The van der Waals surface area contributed by atoms with Crippen molar-refractivity contribution < 1.29 is 19.4 Å². The van der Waals surface area contributed by atoms with Crippen LogP contribution in [0.1, 0.15) is 29.8 Å². The highest BCUT2D eigenvalue weighted by molar-refractivity contribution is 5.95. The minimum atomic E-state index is -1.04. The second kappa shape index (κ2) is 6.98. The Morgan fingerprint density at radius 3 is 2.72 bits per heavy atom. The van der Waals surface area contributed by atoms with Crippen LogP contribution in [0.25, 0.3) is 0 Å². The van der Waals surface area contributed by atoms with Crippen LogP contribution in [0.4, 0.5) is 5.69 Å². The Morgan fingerprint density at radius 2 is 2.11 bits per heavy atom. The molecule has 1 rings (SSSR count). The minimum absolute atomic E-state index is 0.113. The first kappa shape index (κ1) is 14.5. The molecule has 0 radical (unpaired) electrons. The number of hydrogen-bond donors (Lipinski definition) is 2. The van der Waals surface area contributed by atoms with Gasteiger partial charge >= 0.3 is 5.97 Å². The third-order valence-corrected chi connectivity index (χ3v) is 2.33. The number of hydrogen-bond acceptors (Lipinski definition) is 4. The van der Waals surface area contributed by atoms with Gasteiger partial charge in [-0.05, 0) is 25.5 Å². The number of anilines is 1. The van der Waals surface area contributed by atoms with Gasteiger partial charge in [0.15, 0.2) is 0 Å². The molecule has 0 saturated carbocycles. The Bertz CT molecular complexity index is 404. The largest absolute Gasteiger partial charge is 0.478 e. The molecule has 0 saturated heterocycles. The van der Waals surface area contributed by atoms with Crippen molar-refractivity contribution in [3.05, 3.63) is 29.3 Å². The summed E-state index contributed by atoms with van der Waals surface area (Å²) in [4.78, 5) is 11.1. The van der Waals surface area contributed by atoms with Crippen LogP contribution in [0.3, 0.4) is 0 Å². The predicted octanol–water partition coefficient (Wildman–Crippen LogP) is 1.91. The first-order chi connectivity index (χ1) is 8.52. The normalized spacial score (nSPS) is 10.8. The predicted molar refractivity (Wildman–Crippen MR) is 68.6 cm³/mol. The minimum Gasteiger partial charge on any atom is -0.478 e. The lowest BCUT2D eigenvalue weighted by Gasteiger charge is -2.10. The molecule has 0 aliphatic rings. The van der Waals surface area contributed by atoms with Crippen LogP contribution < -0.4 is 5.73 Å². The smallest absolute Gasteiger partial charge is 0.338 e. The highest BCUT2D eigenvalue weighted by Crippen LogP contribution is 2.17. The summed E-state index contributed by atoms with van der Waals surface area (Å²) in [6.45, 7) is 5.02. The number of carboxylic acid groups (broad SMARTS) is 1. The van der Waals surface area contributed by atoms with Gasteiger partial charge in [0, 0.05) is 5.69 Å². The van der Waals surface area contributed by atoms with Crippen molar-refractivity contribution in [2.24, 2.45) is 0 Å². The molecule has 0 unspecified atom stereocenters. The standard InChI is InChI=1S/C13H19NO4/c1-9(2)18-7-6-17-8-10-4-3-5-11(14)12(10)13(15)16/h3-5,9H,6-8,14H2,1-2H3,(H,15,16). The van der Waals surface area contributed by atoms with Crippen LogP contribution in [0, 0.1) is 0 Å². The Labute approximate surface area is 107 Å². The first-order valence-corrected chi connectivity index (χ1v) is 5.82. The van der Waals surface area contributed by atoms with E-state index in [2.05, 4.69) is 0 Å². The number of carbonyl (C=O) groups is 1. The number of ether oxygens (including phenoxy) is 2. The van der Waals surface area contributed by atoms with E-state index in [-0.39, 0.29) is 24.0 Å². The highest BCUT2D eigenvalue weighted by Gasteiger charge is 2.13. The molecule has 18 heavy (non-hydrogen) atoms. The van der Waals surface area contributed by atoms with Crippen LogP contribution >= 0.6 is 0 Å². The van der Waals surface area contributed by atoms with Gasteiger partial charge in [0.2, 0.25) is 0 Å². The summed E-state index contributed by atoms with van der Waals surface area (Å²) in [6, 6.07) is 4.98. The van der Waals surface area contributed by atoms with Crippen molar-refractivity contribution in [2.45, 2.75) is 26.6 Å². The number of nitrogen functional groups attached to an aromatic ring is 1. The molecule has 0 amide bonds. The Kier molecular flexibility index (Phi) is 5.61. The number of aromatic carboxylic acids is 1. The summed E-state index contributed by atoms with van der Waals surface area (Å²) in [5.74, 6) is -1.04. The van der Waals surface area contributed by atoms with E-state index in [1.807, 2.05) is 13.8 Å². The maximum Gasteiger partial charge on any atom is 0.338 e. The quantitative estimate of drug-likeness (QED) is 0.573.